The molecular formula is C20H18Cl6N2O4. The number of rotatable bonds is 9. The summed E-state index contributed by atoms with van der Waals surface area (Å²) in [5, 5.41) is 4.97. The average Bonchev–Trinajstić information content (AvgIpc) is 2.74. The number of hydrogen-bond donors (Lipinski definition) is 2. The SMILES string of the molecule is O=C(NC(OCCOC(NC(=O)c1ccccc1)C(Cl)(Cl)Cl)C(Cl)(Cl)Cl)c1ccccc1. The number of halogens is 6. The Bertz CT molecular complexity index is 802. The number of alkyl halides is 6. The number of hydrogen-bond acceptors (Lipinski definition) is 4. The van der Waals surface area contributed by atoms with Crippen molar-refractivity contribution in [1.29, 1.82) is 0 Å². The Morgan fingerprint density at radius 2 is 0.969 bits per heavy atom. The van der Waals surface area contributed by atoms with Crippen LogP contribution in [0.4, 0.5) is 0 Å². The van der Waals surface area contributed by atoms with Gasteiger partial charge in [0, 0.05) is 11.1 Å². The summed E-state index contributed by atoms with van der Waals surface area (Å²) >= 11 is 35.5. The Morgan fingerprint density at radius 3 is 1.25 bits per heavy atom. The summed E-state index contributed by atoms with van der Waals surface area (Å²) in [6, 6.07) is 16.6. The summed E-state index contributed by atoms with van der Waals surface area (Å²) in [7, 11) is 0. The van der Waals surface area contributed by atoms with Gasteiger partial charge in [-0.05, 0) is 24.3 Å². The van der Waals surface area contributed by atoms with Crippen LogP contribution in [0.1, 0.15) is 20.7 Å². The Hall–Kier alpha value is -0.960. The molecule has 0 saturated carbocycles. The third-order valence-corrected chi connectivity index (χ3v) is 5.03. The van der Waals surface area contributed by atoms with Crippen LogP contribution < -0.4 is 10.6 Å². The lowest BCUT2D eigenvalue weighted by Gasteiger charge is -2.28. The molecule has 0 bridgehead atoms. The summed E-state index contributed by atoms with van der Waals surface area (Å²) in [4.78, 5) is 24.7. The van der Waals surface area contributed by atoms with Crippen LogP contribution in [-0.2, 0) is 9.47 Å². The van der Waals surface area contributed by atoms with E-state index in [2.05, 4.69) is 10.6 Å². The van der Waals surface area contributed by atoms with Gasteiger partial charge in [-0.1, -0.05) is 106 Å². The van der Waals surface area contributed by atoms with E-state index in [-0.39, 0.29) is 13.2 Å². The molecule has 2 atom stereocenters. The zero-order valence-corrected chi connectivity index (χ0v) is 20.8. The predicted molar refractivity (Wildman–Crippen MR) is 128 cm³/mol. The van der Waals surface area contributed by atoms with Crippen molar-refractivity contribution in [3.8, 4) is 0 Å². The van der Waals surface area contributed by atoms with Crippen molar-refractivity contribution in [3.63, 3.8) is 0 Å². The Balaban J connectivity index is 1.92. The monoisotopic (exact) mass is 560 g/mol. The van der Waals surface area contributed by atoms with E-state index in [1.807, 2.05) is 0 Å². The van der Waals surface area contributed by atoms with E-state index in [0.29, 0.717) is 11.1 Å². The maximum Gasteiger partial charge on any atom is 0.253 e. The first-order valence-electron chi connectivity index (χ1n) is 9.07. The quantitative estimate of drug-likeness (QED) is 0.248. The molecule has 174 valence electrons. The number of nitrogens with one attached hydrogen (secondary N) is 2. The molecule has 0 aliphatic heterocycles. The molecule has 0 aliphatic rings. The van der Waals surface area contributed by atoms with Crippen LogP contribution in [0.15, 0.2) is 60.7 Å². The highest BCUT2D eigenvalue weighted by atomic mass is 35.6. The first-order valence-corrected chi connectivity index (χ1v) is 11.3. The second-order valence-electron chi connectivity index (χ2n) is 6.26. The van der Waals surface area contributed by atoms with Gasteiger partial charge in [0.05, 0.1) is 13.2 Å². The molecule has 0 aliphatic carbocycles. The second kappa shape index (κ2) is 12.5. The minimum absolute atomic E-state index is 0.161. The molecule has 2 aromatic rings. The molecule has 2 N–H and O–H groups in total. The zero-order chi connectivity index (χ0) is 23.8. The van der Waals surface area contributed by atoms with E-state index in [1.165, 1.54) is 0 Å². The molecule has 12 heteroatoms. The van der Waals surface area contributed by atoms with E-state index >= 15 is 0 Å². The predicted octanol–water partition coefficient (Wildman–Crippen LogP) is 5.27. The van der Waals surface area contributed by atoms with Crippen molar-refractivity contribution in [2.24, 2.45) is 0 Å². The van der Waals surface area contributed by atoms with E-state index in [0.717, 1.165) is 0 Å². The van der Waals surface area contributed by atoms with Crippen LogP contribution in [0.3, 0.4) is 0 Å². The van der Waals surface area contributed by atoms with E-state index in [9.17, 15) is 9.59 Å². The van der Waals surface area contributed by atoms with Crippen molar-refractivity contribution in [2.45, 2.75) is 20.0 Å². The summed E-state index contributed by atoms with van der Waals surface area (Å²) < 4.78 is 6.97. The van der Waals surface area contributed by atoms with Gasteiger partial charge in [-0.15, -0.1) is 0 Å². The smallest absolute Gasteiger partial charge is 0.253 e. The third kappa shape index (κ3) is 9.12. The molecule has 2 amide bonds. The average molecular weight is 563 g/mol. The normalized spacial score (nSPS) is 13.8. The molecule has 32 heavy (non-hydrogen) atoms. The maximum atomic E-state index is 12.3. The topological polar surface area (TPSA) is 76.7 Å². The molecule has 0 heterocycles. The highest BCUT2D eigenvalue weighted by Gasteiger charge is 2.37. The van der Waals surface area contributed by atoms with Gasteiger partial charge in [-0.3, -0.25) is 9.59 Å². The van der Waals surface area contributed by atoms with Crippen LogP contribution in [0.5, 0.6) is 0 Å². The van der Waals surface area contributed by atoms with Gasteiger partial charge >= 0.3 is 0 Å². The molecule has 0 aromatic heterocycles. The van der Waals surface area contributed by atoms with Gasteiger partial charge < -0.3 is 20.1 Å². The third-order valence-electron chi connectivity index (χ3n) is 3.84. The van der Waals surface area contributed by atoms with Crippen molar-refractivity contribution < 1.29 is 19.1 Å². The molecular weight excluding hydrogens is 545 g/mol. The minimum atomic E-state index is -1.97. The van der Waals surface area contributed by atoms with E-state index in [1.54, 1.807) is 60.7 Å². The Morgan fingerprint density at radius 1 is 0.656 bits per heavy atom. The first kappa shape index (κ1) is 27.3. The lowest BCUT2D eigenvalue weighted by molar-refractivity contribution is -0.0345. The summed E-state index contributed by atoms with van der Waals surface area (Å²) in [6.45, 7) is -0.321. The van der Waals surface area contributed by atoms with Crippen molar-refractivity contribution >= 4 is 81.4 Å². The number of amides is 2. The molecule has 2 rings (SSSR count). The summed E-state index contributed by atoms with van der Waals surface area (Å²) in [5.74, 6) is -1.01. The Kier molecular flexibility index (Phi) is 10.6. The first-order chi connectivity index (χ1) is 15.0. The van der Waals surface area contributed by atoms with Crippen LogP contribution >= 0.6 is 69.6 Å². The van der Waals surface area contributed by atoms with Gasteiger partial charge in [0.15, 0.2) is 12.5 Å². The molecule has 0 radical (unpaired) electrons. The highest BCUT2D eigenvalue weighted by Crippen LogP contribution is 2.32. The van der Waals surface area contributed by atoms with Gasteiger partial charge in [0.2, 0.25) is 7.59 Å². The number of ether oxygens (including phenoxy) is 2. The van der Waals surface area contributed by atoms with Gasteiger partial charge in [-0.25, -0.2) is 0 Å². The Labute approximate surface area is 215 Å². The highest BCUT2D eigenvalue weighted by molar-refractivity contribution is 6.68. The molecule has 2 unspecified atom stereocenters. The summed E-state index contributed by atoms with van der Waals surface area (Å²) in [6.07, 6.45) is -2.59. The second-order valence-corrected chi connectivity index (χ2v) is 11.0. The summed E-state index contributed by atoms with van der Waals surface area (Å²) in [5.41, 5.74) is 0.706. The van der Waals surface area contributed by atoms with Crippen molar-refractivity contribution in [3.05, 3.63) is 71.8 Å². The molecule has 0 fully saturated rings. The van der Waals surface area contributed by atoms with Crippen LogP contribution in [-0.4, -0.2) is 45.1 Å². The zero-order valence-electron chi connectivity index (χ0n) is 16.2. The van der Waals surface area contributed by atoms with Crippen molar-refractivity contribution in [2.75, 3.05) is 13.2 Å². The maximum absolute atomic E-state index is 12.3. The largest absolute Gasteiger partial charge is 0.351 e. The standard InChI is InChI=1S/C20H18Cl6N2O4/c21-19(22,23)17(27-15(29)13-7-3-1-4-8-13)31-11-12-32-18(20(24,25)26)28-16(30)14-9-5-2-6-10-14/h1-10,17-18H,11-12H2,(H,27,29)(H,28,30). The van der Waals surface area contributed by atoms with E-state index in [4.69, 9.17) is 79.1 Å². The number of carbonyl (C=O) groups excluding carboxylic acids is 2. The fourth-order valence-electron chi connectivity index (χ4n) is 2.35. The minimum Gasteiger partial charge on any atom is -0.351 e. The van der Waals surface area contributed by atoms with Gasteiger partial charge in [-0.2, -0.15) is 0 Å². The van der Waals surface area contributed by atoms with Crippen molar-refractivity contribution in [1.82, 2.24) is 10.6 Å². The van der Waals surface area contributed by atoms with E-state index < -0.39 is 31.9 Å². The molecule has 0 spiro atoms. The lowest BCUT2D eigenvalue weighted by Crippen LogP contribution is -2.48. The molecule has 0 saturated heterocycles. The number of benzene rings is 2. The lowest BCUT2D eigenvalue weighted by atomic mass is 10.2. The molecule has 6 nitrogen and oxygen atoms in total. The van der Waals surface area contributed by atoms with Gasteiger partial charge in [0.25, 0.3) is 11.8 Å². The van der Waals surface area contributed by atoms with Gasteiger partial charge in [0.1, 0.15) is 0 Å². The molecule has 2 aromatic carbocycles. The van der Waals surface area contributed by atoms with Crippen LogP contribution in [0.25, 0.3) is 0 Å². The number of carbonyl (C=O) groups is 2. The van der Waals surface area contributed by atoms with Crippen LogP contribution in [0, 0.1) is 0 Å². The fraction of sp³-hybridized carbons (Fsp3) is 0.300. The van der Waals surface area contributed by atoms with Crippen LogP contribution in [0.2, 0.25) is 0 Å². The fourth-order valence-corrected chi connectivity index (χ4v) is 3.06.